The molecule has 1 N–H and O–H groups in total. The smallest absolute Gasteiger partial charge is 0.123 e. The molecule has 1 atom stereocenters. The van der Waals surface area contributed by atoms with Crippen LogP contribution in [0.4, 0.5) is 0 Å². The molecule has 1 aromatic heterocycles. The molecule has 3 rings (SSSR count). The first-order chi connectivity index (χ1) is 9.29. The van der Waals surface area contributed by atoms with Gasteiger partial charge in [-0.05, 0) is 43.5 Å². The second-order valence-corrected chi connectivity index (χ2v) is 5.36. The van der Waals surface area contributed by atoms with Gasteiger partial charge >= 0.3 is 0 Å². The van der Waals surface area contributed by atoms with Crippen molar-refractivity contribution < 1.29 is 0 Å². The van der Waals surface area contributed by atoms with Crippen molar-refractivity contribution in [2.45, 2.75) is 18.9 Å². The van der Waals surface area contributed by atoms with Gasteiger partial charge < -0.3 is 0 Å². The molecular weight excluding hydrogens is 258 g/mol. The van der Waals surface area contributed by atoms with Crippen molar-refractivity contribution >= 4 is 22.5 Å². The predicted octanol–water partition coefficient (Wildman–Crippen LogP) is 3.45. The number of nitrogens with one attached hydrogen (secondary N) is 1. The molecule has 0 spiro atoms. The molecule has 3 nitrogen and oxygen atoms in total. The lowest BCUT2D eigenvalue weighted by molar-refractivity contribution is 0.595. The van der Waals surface area contributed by atoms with E-state index in [2.05, 4.69) is 16.4 Å². The molecule has 0 saturated heterocycles. The summed E-state index contributed by atoms with van der Waals surface area (Å²) in [6.45, 7) is 0.898. The molecule has 1 heterocycles. The maximum Gasteiger partial charge on any atom is 0.123 e. The maximum atomic E-state index is 9.37. The summed E-state index contributed by atoms with van der Waals surface area (Å²) in [6.07, 6.45) is 4.27. The van der Waals surface area contributed by atoms with Crippen LogP contribution in [0.5, 0.6) is 0 Å². The van der Waals surface area contributed by atoms with E-state index in [1.807, 2.05) is 24.3 Å². The Hall–Kier alpha value is -1.63. The fraction of sp³-hybridized carbons (Fsp3) is 0.333. The number of fused-ring (bicyclic) bond motifs is 1. The van der Waals surface area contributed by atoms with Crippen molar-refractivity contribution in [1.82, 2.24) is 10.3 Å². The third-order valence-corrected chi connectivity index (χ3v) is 3.82. The number of hydrogen-bond donors (Lipinski definition) is 1. The molecule has 1 fully saturated rings. The Kier molecular flexibility index (Phi) is 3.37. The van der Waals surface area contributed by atoms with Crippen LogP contribution in [0.1, 0.15) is 24.4 Å². The van der Waals surface area contributed by atoms with E-state index >= 15 is 0 Å². The largest absolute Gasteiger partial charge is 0.298 e. The average molecular weight is 272 g/mol. The zero-order chi connectivity index (χ0) is 13.2. The van der Waals surface area contributed by atoms with Gasteiger partial charge in [0, 0.05) is 22.2 Å². The topological polar surface area (TPSA) is 48.7 Å². The second kappa shape index (κ2) is 5.16. The van der Waals surface area contributed by atoms with Crippen LogP contribution < -0.4 is 5.32 Å². The minimum atomic E-state index is -0.324. The van der Waals surface area contributed by atoms with Gasteiger partial charge in [-0.25, -0.2) is 0 Å². The summed E-state index contributed by atoms with van der Waals surface area (Å²) < 4.78 is 0. The number of pyridine rings is 1. The lowest BCUT2D eigenvalue weighted by Crippen LogP contribution is -2.22. The quantitative estimate of drug-likeness (QED) is 0.926. The molecule has 1 aliphatic carbocycles. The summed E-state index contributed by atoms with van der Waals surface area (Å²) in [5.74, 6) is 0.738. The highest BCUT2D eigenvalue weighted by molar-refractivity contribution is 6.35. The van der Waals surface area contributed by atoms with E-state index in [-0.39, 0.29) is 6.04 Å². The van der Waals surface area contributed by atoms with Crippen LogP contribution in [0.2, 0.25) is 5.02 Å². The first kappa shape index (κ1) is 12.4. The van der Waals surface area contributed by atoms with Crippen molar-refractivity contribution in [2.24, 2.45) is 5.92 Å². The second-order valence-electron chi connectivity index (χ2n) is 4.95. The summed E-state index contributed by atoms with van der Waals surface area (Å²) >= 11 is 6.17. The van der Waals surface area contributed by atoms with Gasteiger partial charge in [-0.2, -0.15) is 5.26 Å². The number of nitriles is 1. The number of benzene rings is 1. The minimum Gasteiger partial charge on any atom is -0.298 e. The van der Waals surface area contributed by atoms with Crippen LogP contribution >= 0.6 is 11.6 Å². The van der Waals surface area contributed by atoms with Crippen molar-refractivity contribution in [3.8, 4) is 6.07 Å². The van der Waals surface area contributed by atoms with Crippen LogP contribution in [0.25, 0.3) is 10.9 Å². The molecule has 0 aliphatic heterocycles. The molecule has 1 aliphatic rings. The lowest BCUT2D eigenvalue weighted by Gasteiger charge is -2.14. The van der Waals surface area contributed by atoms with Crippen molar-refractivity contribution in [3.05, 3.63) is 41.0 Å². The van der Waals surface area contributed by atoms with E-state index in [1.165, 1.54) is 12.8 Å². The van der Waals surface area contributed by atoms with Crippen molar-refractivity contribution in [2.75, 3.05) is 6.54 Å². The molecule has 2 aromatic rings. The van der Waals surface area contributed by atoms with E-state index in [4.69, 9.17) is 11.6 Å². The van der Waals surface area contributed by atoms with Crippen LogP contribution in [-0.4, -0.2) is 11.5 Å². The molecule has 4 heteroatoms. The highest BCUT2D eigenvalue weighted by Crippen LogP contribution is 2.31. The fourth-order valence-corrected chi connectivity index (χ4v) is 2.44. The zero-order valence-electron chi connectivity index (χ0n) is 10.4. The van der Waals surface area contributed by atoms with Crippen LogP contribution in [0.3, 0.4) is 0 Å². The van der Waals surface area contributed by atoms with Crippen LogP contribution in [0, 0.1) is 17.2 Å². The van der Waals surface area contributed by atoms with E-state index in [9.17, 15) is 5.26 Å². The Bertz CT molecular complexity index is 643. The Morgan fingerprint density at radius 3 is 3.00 bits per heavy atom. The first-order valence-corrected chi connectivity index (χ1v) is 6.83. The van der Waals surface area contributed by atoms with Gasteiger partial charge in [-0.1, -0.05) is 17.7 Å². The normalized spacial score (nSPS) is 16.2. The van der Waals surface area contributed by atoms with Gasteiger partial charge in [0.15, 0.2) is 0 Å². The fourth-order valence-electron chi connectivity index (χ4n) is 2.22. The lowest BCUT2D eigenvalue weighted by atomic mass is 10.0. The molecule has 1 saturated carbocycles. The van der Waals surface area contributed by atoms with Crippen LogP contribution in [0.15, 0.2) is 30.5 Å². The van der Waals surface area contributed by atoms with E-state index in [0.717, 1.165) is 28.9 Å². The Morgan fingerprint density at radius 2 is 2.26 bits per heavy atom. The summed E-state index contributed by atoms with van der Waals surface area (Å²) in [6, 6.07) is 9.52. The Morgan fingerprint density at radius 1 is 1.42 bits per heavy atom. The van der Waals surface area contributed by atoms with Gasteiger partial charge in [0.25, 0.3) is 0 Å². The molecule has 1 aromatic carbocycles. The van der Waals surface area contributed by atoms with Gasteiger partial charge in [-0.15, -0.1) is 0 Å². The molecule has 1 unspecified atom stereocenters. The molecule has 0 radical (unpaired) electrons. The highest BCUT2D eigenvalue weighted by Gasteiger charge is 2.23. The third kappa shape index (κ3) is 2.56. The van der Waals surface area contributed by atoms with Crippen LogP contribution in [-0.2, 0) is 0 Å². The standard InChI is InChI=1S/C15H14ClN3/c16-13-6-5-12(15-11(13)2-1-7-18-15)14(8-17)19-9-10-3-4-10/h1-2,5-7,10,14,19H,3-4,9H2. The molecule has 96 valence electrons. The highest BCUT2D eigenvalue weighted by atomic mass is 35.5. The number of hydrogen-bond acceptors (Lipinski definition) is 3. The first-order valence-electron chi connectivity index (χ1n) is 6.45. The summed E-state index contributed by atoms with van der Waals surface area (Å²) in [5, 5.41) is 14.3. The van der Waals surface area contributed by atoms with E-state index < -0.39 is 0 Å². The summed E-state index contributed by atoms with van der Waals surface area (Å²) in [4.78, 5) is 4.38. The molecule has 0 amide bonds. The molecule has 19 heavy (non-hydrogen) atoms. The molecule has 0 bridgehead atoms. The van der Waals surface area contributed by atoms with Crippen molar-refractivity contribution in [3.63, 3.8) is 0 Å². The Balaban J connectivity index is 1.98. The number of rotatable bonds is 4. The van der Waals surface area contributed by atoms with Gasteiger partial charge in [0.05, 0.1) is 11.6 Å². The number of nitrogens with zero attached hydrogens (tertiary/aromatic N) is 2. The van der Waals surface area contributed by atoms with Gasteiger partial charge in [0.1, 0.15) is 6.04 Å². The number of aromatic nitrogens is 1. The Labute approximate surface area is 117 Å². The monoisotopic (exact) mass is 271 g/mol. The SMILES string of the molecule is N#CC(NCC1CC1)c1ccc(Cl)c2cccnc12. The molecular formula is C15H14ClN3. The van der Waals surface area contributed by atoms with E-state index in [0.29, 0.717) is 5.02 Å². The third-order valence-electron chi connectivity index (χ3n) is 3.50. The van der Waals surface area contributed by atoms with Gasteiger partial charge in [0.2, 0.25) is 0 Å². The summed E-state index contributed by atoms with van der Waals surface area (Å²) in [5.41, 5.74) is 1.72. The van der Waals surface area contributed by atoms with Gasteiger partial charge in [-0.3, -0.25) is 10.3 Å². The zero-order valence-corrected chi connectivity index (χ0v) is 11.2. The van der Waals surface area contributed by atoms with E-state index in [1.54, 1.807) is 6.20 Å². The van der Waals surface area contributed by atoms with Crippen molar-refractivity contribution in [1.29, 1.82) is 5.26 Å². The minimum absolute atomic E-state index is 0.324. The summed E-state index contributed by atoms with van der Waals surface area (Å²) in [7, 11) is 0. The maximum absolute atomic E-state index is 9.37. The average Bonchev–Trinajstić information content (AvgIpc) is 3.26. The number of halogens is 1. The predicted molar refractivity (Wildman–Crippen MR) is 75.8 cm³/mol.